The SMILES string of the molecule is CC=C(C)/C(=C\C=C/C)S(C)(=O)=O. The highest BCUT2D eigenvalue weighted by Crippen LogP contribution is 2.15. The monoisotopic (exact) mass is 200 g/mol. The maximum absolute atomic E-state index is 11.3. The van der Waals surface area contributed by atoms with E-state index in [4.69, 9.17) is 0 Å². The molecule has 0 atom stereocenters. The van der Waals surface area contributed by atoms with E-state index in [0.29, 0.717) is 4.91 Å². The van der Waals surface area contributed by atoms with E-state index in [-0.39, 0.29) is 0 Å². The van der Waals surface area contributed by atoms with Gasteiger partial charge in [-0.1, -0.05) is 18.2 Å². The Morgan fingerprint density at radius 1 is 1.23 bits per heavy atom. The summed E-state index contributed by atoms with van der Waals surface area (Å²) in [7, 11) is -3.11. The van der Waals surface area contributed by atoms with Gasteiger partial charge in [0.25, 0.3) is 0 Å². The van der Waals surface area contributed by atoms with Crippen molar-refractivity contribution in [2.75, 3.05) is 6.26 Å². The van der Waals surface area contributed by atoms with Crippen molar-refractivity contribution in [1.29, 1.82) is 0 Å². The summed E-state index contributed by atoms with van der Waals surface area (Å²) in [6, 6.07) is 0. The average molecular weight is 200 g/mol. The van der Waals surface area contributed by atoms with Crippen molar-refractivity contribution in [3.8, 4) is 0 Å². The van der Waals surface area contributed by atoms with Gasteiger partial charge in [-0.05, 0) is 32.4 Å². The summed E-state index contributed by atoms with van der Waals surface area (Å²) in [5.74, 6) is 0. The summed E-state index contributed by atoms with van der Waals surface area (Å²) < 4.78 is 22.6. The third kappa shape index (κ3) is 4.08. The zero-order chi connectivity index (χ0) is 10.5. The van der Waals surface area contributed by atoms with Crippen molar-refractivity contribution in [1.82, 2.24) is 0 Å². The highest BCUT2D eigenvalue weighted by atomic mass is 32.2. The Morgan fingerprint density at radius 2 is 1.77 bits per heavy atom. The van der Waals surface area contributed by atoms with Crippen molar-refractivity contribution in [3.05, 3.63) is 34.8 Å². The van der Waals surface area contributed by atoms with E-state index in [2.05, 4.69) is 0 Å². The fourth-order valence-corrected chi connectivity index (χ4v) is 1.90. The molecule has 0 aromatic rings. The van der Waals surface area contributed by atoms with Gasteiger partial charge in [-0.25, -0.2) is 8.42 Å². The third-order valence-electron chi connectivity index (χ3n) is 1.66. The lowest BCUT2D eigenvalue weighted by Gasteiger charge is -2.03. The quantitative estimate of drug-likeness (QED) is 0.656. The largest absolute Gasteiger partial charge is 0.224 e. The van der Waals surface area contributed by atoms with Gasteiger partial charge in [-0.15, -0.1) is 0 Å². The van der Waals surface area contributed by atoms with Gasteiger partial charge in [0.2, 0.25) is 0 Å². The lowest BCUT2D eigenvalue weighted by molar-refractivity contribution is 0.608. The van der Waals surface area contributed by atoms with Crippen LogP contribution in [0.1, 0.15) is 20.8 Å². The van der Waals surface area contributed by atoms with Crippen molar-refractivity contribution < 1.29 is 8.42 Å². The van der Waals surface area contributed by atoms with Crippen LogP contribution in [0.5, 0.6) is 0 Å². The predicted molar refractivity (Wildman–Crippen MR) is 57.2 cm³/mol. The molecule has 0 bridgehead atoms. The van der Waals surface area contributed by atoms with Gasteiger partial charge < -0.3 is 0 Å². The standard InChI is InChI=1S/C10H16O2S/c1-5-7-8-10(9(3)6-2)13(4,11)12/h5-8H,1-4H3/b7-5-,9-6?,10-8+. The number of rotatable bonds is 3. The Labute approximate surface area is 80.6 Å². The van der Waals surface area contributed by atoms with E-state index in [0.717, 1.165) is 5.57 Å². The third-order valence-corrected chi connectivity index (χ3v) is 2.92. The fraction of sp³-hybridized carbons (Fsp3) is 0.400. The minimum atomic E-state index is -3.11. The molecule has 0 amide bonds. The van der Waals surface area contributed by atoms with Crippen LogP contribution in [0.15, 0.2) is 34.8 Å². The van der Waals surface area contributed by atoms with Gasteiger partial charge in [0, 0.05) is 6.26 Å². The summed E-state index contributed by atoms with van der Waals surface area (Å²) in [5.41, 5.74) is 0.778. The predicted octanol–water partition coefficient (Wildman–Crippen LogP) is 2.46. The van der Waals surface area contributed by atoms with Gasteiger partial charge in [-0.2, -0.15) is 0 Å². The minimum Gasteiger partial charge on any atom is -0.224 e. The van der Waals surface area contributed by atoms with Crippen LogP contribution in [0.25, 0.3) is 0 Å². The van der Waals surface area contributed by atoms with Gasteiger partial charge in [0.15, 0.2) is 9.84 Å². The molecule has 3 heteroatoms. The molecule has 0 aliphatic rings. The zero-order valence-corrected chi connectivity index (χ0v) is 9.35. The van der Waals surface area contributed by atoms with Crippen LogP contribution in [0, 0.1) is 0 Å². The van der Waals surface area contributed by atoms with E-state index in [9.17, 15) is 8.42 Å². The number of hydrogen-bond donors (Lipinski definition) is 0. The second kappa shape index (κ2) is 5.02. The van der Waals surface area contributed by atoms with Gasteiger partial charge in [-0.3, -0.25) is 0 Å². The van der Waals surface area contributed by atoms with E-state index in [1.165, 1.54) is 6.26 Å². The molecule has 74 valence electrons. The second-order valence-electron chi connectivity index (χ2n) is 2.80. The number of hydrogen-bond acceptors (Lipinski definition) is 2. The topological polar surface area (TPSA) is 34.1 Å². The summed E-state index contributed by atoms with van der Waals surface area (Å²) in [6.45, 7) is 5.46. The second-order valence-corrected chi connectivity index (χ2v) is 4.78. The van der Waals surface area contributed by atoms with Crippen LogP contribution in [0.2, 0.25) is 0 Å². The molecule has 0 aliphatic heterocycles. The normalized spacial score (nSPS) is 15.4. The molecule has 0 heterocycles. The fourth-order valence-electron chi connectivity index (χ4n) is 0.873. The molecule has 0 saturated carbocycles. The van der Waals surface area contributed by atoms with Crippen molar-refractivity contribution in [3.63, 3.8) is 0 Å². The molecule has 0 saturated heterocycles. The molecule has 0 aromatic heterocycles. The van der Waals surface area contributed by atoms with Gasteiger partial charge >= 0.3 is 0 Å². The summed E-state index contributed by atoms with van der Waals surface area (Å²) >= 11 is 0. The van der Waals surface area contributed by atoms with E-state index >= 15 is 0 Å². The minimum absolute atomic E-state index is 0.383. The van der Waals surface area contributed by atoms with Gasteiger partial charge in [0.05, 0.1) is 4.91 Å². The summed E-state index contributed by atoms with van der Waals surface area (Å²) in [6.07, 6.45) is 8.15. The first-order valence-corrected chi connectivity index (χ1v) is 5.99. The molecule has 2 nitrogen and oxygen atoms in total. The lowest BCUT2D eigenvalue weighted by atomic mass is 10.2. The maximum atomic E-state index is 11.3. The Bertz CT molecular complexity index is 343. The molecular weight excluding hydrogens is 184 g/mol. The zero-order valence-electron chi connectivity index (χ0n) is 8.53. The van der Waals surface area contributed by atoms with Crippen LogP contribution >= 0.6 is 0 Å². The smallest absolute Gasteiger partial charge is 0.175 e. The van der Waals surface area contributed by atoms with Crippen molar-refractivity contribution in [2.24, 2.45) is 0 Å². The molecule has 0 aromatic carbocycles. The molecule has 0 fully saturated rings. The molecular formula is C10H16O2S. The molecule has 0 N–H and O–H groups in total. The average Bonchev–Trinajstić information content (AvgIpc) is 2.02. The Hall–Kier alpha value is -0.830. The Balaban J connectivity index is 5.25. The van der Waals surface area contributed by atoms with E-state index in [1.54, 1.807) is 31.2 Å². The first-order valence-electron chi connectivity index (χ1n) is 4.09. The van der Waals surface area contributed by atoms with Crippen LogP contribution in [-0.4, -0.2) is 14.7 Å². The Kier molecular flexibility index (Phi) is 4.70. The van der Waals surface area contributed by atoms with E-state index < -0.39 is 9.84 Å². The van der Waals surface area contributed by atoms with Gasteiger partial charge in [0.1, 0.15) is 0 Å². The van der Waals surface area contributed by atoms with Crippen LogP contribution in [-0.2, 0) is 9.84 Å². The number of sulfone groups is 1. The lowest BCUT2D eigenvalue weighted by Crippen LogP contribution is -2.01. The first-order chi connectivity index (χ1) is 5.93. The first kappa shape index (κ1) is 12.2. The van der Waals surface area contributed by atoms with Crippen LogP contribution < -0.4 is 0 Å². The molecule has 0 aliphatic carbocycles. The van der Waals surface area contributed by atoms with Crippen LogP contribution in [0.4, 0.5) is 0 Å². The summed E-state index contributed by atoms with van der Waals surface area (Å²) in [4.78, 5) is 0.383. The van der Waals surface area contributed by atoms with Crippen molar-refractivity contribution in [2.45, 2.75) is 20.8 Å². The number of allylic oxidation sites excluding steroid dienone is 5. The molecule has 0 radical (unpaired) electrons. The highest BCUT2D eigenvalue weighted by Gasteiger charge is 2.10. The molecule has 0 unspecified atom stereocenters. The Morgan fingerprint density at radius 3 is 2.08 bits per heavy atom. The molecule has 0 rings (SSSR count). The van der Waals surface area contributed by atoms with Crippen LogP contribution in [0.3, 0.4) is 0 Å². The van der Waals surface area contributed by atoms with E-state index in [1.807, 2.05) is 13.8 Å². The maximum Gasteiger partial charge on any atom is 0.175 e. The summed E-state index contributed by atoms with van der Waals surface area (Å²) in [5, 5.41) is 0. The molecule has 13 heavy (non-hydrogen) atoms. The highest BCUT2D eigenvalue weighted by molar-refractivity contribution is 7.94. The molecule has 0 spiro atoms. The van der Waals surface area contributed by atoms with Crippen molar-refractivity contribution >= 4 is 9.84 Å².